The van der Waals surface area contributed by atoms with Crippen LogP contribution in [0.5, 0.6) is 0 Å². The molecule has 0 aromatic heterocycles. The number of hydrogen-bond donors (Lipinski definition) is 0. The average Bonchev–Trinajstić information content (AvgIpc) is 3.47. The summed E-state index contributed by atoms with van der Waals surface area (Å²) in [4.78, 5) is 38.5. The van der Waals surface area contributed by atoms with Crippen LogP contribution >= 0.6 is 0 Å². The zero-order valence-corrected chi connectivity index (χ0v) is 56.3. The highest BCUT2D eigenvalue weighted by atomic mass is 16.6. The zero-order valence-electron chi connectivity index (χ0n) is 56.3. The molecule has 0 aliphatic carbocycles. The van der Waals surface area contributed by atoms with Gasteiger partial charge in [-0.3, -0.25) is 14.4 Å². The smallest absolute Gasteiger partial charge is 0.306 e. The fourth-order valence-corrected chi connectivity index (χ4v) is 12.2. The highest BCUT2D eigenvalue weighted by molar-refractivity contribution is 5.71. The Morgan fingerprint density at radius 2 is 0.329 bits per heavy atom. The summed E-state index contributed by atoms with van der Waals surface area (Å²) < 4.78 is 17.0. The molecule has 0 aliphatic rings. The van der Waals surface area contributed by atoms with Gasteiger partial charge < -0.3 is 14.2 Å². The minimum atomic E-state index is -0.764. The Labute approximate surface area is 514 Å². The largest absolute Gasteiger partial charge is 0.462 e. The van der Waals surface area contributed by atoms with Crippen LogP contribution in [-0.2, 0) is 28.6 Å². The topological polar surface area (TPSA) is 78.9 Å². The first kappa shape index (κ1) is 80.4. The van der Waals surface area contributed by atoms with Gasteiger partial charge in [-0.1, -0.05) is 412 Å². The predicted molar refractivity (Wildman–Crippen MR) is 358 cm³/mol. The number of rotatable bonds is 72. The van der Waals surface area contributed by atoms with Crippen molar-refractivity contribution in [3.63, 3.8) is 0 Å². The van der Waals surface area contributed by atoms with Crippen molar-refractivity contribution < 1.29 is 28.6 Å². The molecule has 0 aliphatic heterocycles. The molecule has 0 amide bonds. The maximum absolute atomic E-state index is 13.0. The SMILES string of the molecule is CCCCCCCCCCCCCCCCCCCCCCCCCCCCCCCCCC(=O)OCC(COC(=O)CCCCCCCCCCCCCCCCC)OC(=O)CCCCCCCCCCCCCCCCCCCC. The molecular formula is C76H148O6. The van der Waals surface area contributed by atoms with Gasteiger partial charge in [-0.2, -0.15) is 0 Å². The van der Waals surface area contributed by atoms with Crippen LogP contribution in [0, 0.1) is 0 Å². The second-order valence-electron chi connectivity index (χ2n) is 26.3. The van der Waals surface area contributed by atoms with Crippen LogP contribution in [0.4, 0.5) is 0 Å². The molecule has 82 heavy (non-hydrogen) atoms. The van der Waals surface area contributed by atoms with Gasteiger partial charge in [0.2, 0.25) is 0 Å². The van der Waals surface area contributed by atoms with Crippen molar-refractivity contribution in [2.24, 2.45) is 0 Å². The van der Waals surface area contributed by atoms with Gasteiger partial charge in [-0.05, 0) is 19.3 Å². The molecular weight excluding hydrogens is 1010 g/mol. The molecule has 0 aromatic rings. The summed E-state index contributed by atoms with van der Waals surface area (Å²) in [5.41, 5.74) is 0. The maximum Gasteiger partial charge on any atom is 0.306 e. The van der Waals surface area contributed by atoms with Gasteiger partial charge in [0.25, 0.3) is 0 Å². The van der Waals surface area contributed by atoms with Crippen molar-refractivity contribution in [3.05, 3.63) is 0 Å². The van der Waals surface area contributed by atoms with Crippen LogP contribution in [0.25, 0.3) is 0 Å². The van der Waals surface area contributed by atoms with Gasteiger partial charge >= 0.3 is 17.9 Å². The molecule has 0 rings (SSSR count). The van der Waals surface area contributed by atoms with E-state index >= 15 is 0 Å². The summed E-state index contributed by atoms with van der Waals surface area (Å²) in [7, 11) is 0. The third-order valence-corrected chi connectivity index (χ3v) is 17.9. The van der Waals surface area contributed by atoms with Crippen molar-refractivity contribution >= 4 is 17.9 Å². The van der Waals surface area contributed by atoms with E-state index < -0.39 is 6.10 Å². The Morgan fingerprint density at radius 1 is 0.195 bits per heavy atom. The Balaban J connectivity index is 4.12. The third kappa shape index (κ3) is 69.2. The number of hydrogen-bond acceptors (Lipinski definition) is 6. The van der Waals surface area contributed by atoms with Crippen LogP contribution in [0.2, 0.25) is 0 Å². The molecule has 488 valence electrons. The molecule has 0 radical (unpaired) electrons. The fourth-order valence-electron chi connectivity index (χ4n) is 12.2. The molecule has 0 saturated carbocycles. The van der Waals surface area contributed by atoms with Gasteiger partial charge in [-0.15, -0.1) is 0 Å². The second kappa shape index (κ2) is 71.9. The standard InChI is InChI=1S/C76H148O6/c1-4-7-10-13-16-19-22-25-28-30-32-33-34-35-36-37-38-39-40-41-42-43-44-46-48-51-54-57-60-63-66-69-75(78)81-72-73(71-80-74(77)68-65-62-59-56-53-50-47-27-24-21-18-15-12-9-6-3)82-76(79)70-67-64-61-58-55-52-49-45-31-29-26-23-20-17-14-11-8-5-2/h73H,4-72H2,1-3H3. The molecule has 0 fully saturated rings. The van der Waals surface area contributed by atoms with Gasteiger partial charge in [0, 0.05) is 19.3 Å². The summed E-state index contributed by atoms with van der Waals surface area (Å²) in [6.07, 6.45) is 85.9. The Hall–Kier alpha value is -1.59. The number of carbonyl (C=O) groups excluding carboxylic acids is 3. The van der Waals surface area contributed by atoms with E-state index in [1.54, 1.807) is 0 Å². The molecule has 0 aromatic carbocycles. The van der Waals surface area contributed by atoms with E-state index in [1.165, 1.54) is 353 Å². The van der Waals surface area contributed by atoms with Crippen LogP contribution in [0.3, 0.4) is 0 Å². The number of carbonyl (C=O) groups is 3. The highest BCUT2D eigenvalue weighted by Crippen LogP contribution is 2.20. The van der Waals surface area contributed by atoms with Crippen molar-refractivity contribution in [2.45, 2.75) is 457 Å². The molecule has 1 atom stereocenters. The van der Waals surface area contributed by atoms with Gasteiger partial charge in [0.1, 0.15) is 13.2 Å². The lowest BCUT2D eigenvalue weighted by Gasteiger charge is -2.18. The minimum absolute atomic E-state index is 0.0600. The minimum Gasteiger partial charge on any atom is -0.462 e. The highest BCUT2D eigenvalue weighted by Gasteiger charge is 2.20. The van der Waals surface area contributed by atoms with Crippen molar-refractivity contribution in [1.82, 2.24) is 0 Å². The third-order valence-electron chi connectivity index (χ3n) is 17.9. The lowest BCUT2D eigenvalue weighted by atomic mass is 10.0. The lowest BCUT2D eigenvalue weighted by molar-refractivity contribution is -0.167. The van der Waals surface area contributed by atoms with Crippen LogP contribution in [0.1, 0.15) is 451 Å². The monoisotopic (exact) mass is 1160 g/mol. The Morgan fingerprint density at radius 3 is 0.488 bits per heavy atom. The molecule has 0 saturated heterocycles. The molecule has 0 N–H and O–H groups in total. The molecule has 1 unspecified atom stereocenters. The zero-order chi connectivity index (χ0) is 59.2. The van der Waals surface area contributed by atoms with E-state index in [1.807, 2.05) is 0 Å². The average molecular weight is 1160 g/mol. The molecule has 0 spiro atoms. The normalized spacial score (nSPS) is 11.9. The van der Waals surface area contributed by atoms with Crippen LogP contribution in [-0.4, -0.2) is 37.2 Å². The first-order chi connectivity index (χ1) is 40.5. The Kier molecular flexibility index (Phi) is 70.5. The second-order valence-corrected chi connectivity index (χ2v) is 26.3. The maximum atomic E-state index is 13.0. The van der Waals surface area contributed by atoms with E-state index in [9.17, 15) is 14.4 Å². The lowest BCUT2D eigenvalue weighted by Crippen LogP contribution is -2.30. The van der Waals surface area contributed by atoms with Gasteiger partial charge in [0.05, 0.1) is 0 Å². The first-order valence-electron chi connectivity index (χ1n) is 38.0. The van der Waals surface area contributed by atoms with Crippen LogP contribution in [0.15, 0.2) is 0 Å². The Bertz CT molecular complexity index is 1240. The van der Waals surface area contributed by atoms with Crippen molar-refractivity contribution in [1.29, 1.82) is 0 Å². The number of esters is 3. The summed E-state index contributed by atoms with van der Waals surface area (Å²) in [6.45, 7) is 6.75. The summed E-state index contributed by atoms with van der Waals surface area (Å²) in [5.74, 6) is -0.817. The summed E-state index contributed by atoms with van der Waals surface area (Å²) >= 11 is 0. The van der Waals surface area contributed by atoms with E-state index in [0.717, 1.165) is 57.8 Å². The first-order valence-corrected chi connectivity index (χ1v) is 38.0. The molecule has 0 bridgehead atoms. The predicted octanol–water partition coefficient (Wildman–Crippen LogP) is 26.2. The summed E-state index contributed by atoms with van der Waals surface area (Å²) in [6, 6.07) is 0. The van der Waals surface area contributed by atoms with Gasteiger partial charge in [0.15, 0.2) is 6.10 Å². The number of ether oxygens (including phenoxy) is 3. The van der Waals surface area contributed by atoms with Crippen molar-refractivity contribution in [3.8, 4) is 0 Å². The molecule has 6 nitrogen and oxygen atoms in total. The van der Waals surface area contributed by atoms with Crippen LogP contribution < -0.4 is 0 Å². The van der Waals surface area contributed by atoms with Gasteiger partial charge in [-0.25, -0.2) is 0 Å². The molecule has 0 heterocycles. The van der Waals surface area contributed by atoms with E-state index in [-0.39, 0.29) is 31.1 Å². The van der Waals surface area contributed by atoms with Crippen molar-refractivity contribution in [2.75, 3.05) is 13.2 Å². The van der Waals surface area contributed by atoms with E-state index in [4.69, 9.17) is 14.2 Å². The quantitative estimate of drug-likeness (QED) is 0.0343. The molecule has 6 heteroatoms. The summed E-state index contributed by atoms with van der Waals surface area (Å²) in [5, 5.41) is 0. The van der Waals surface area contributed by atoms with E-state index in [0.29, 0.717) is 19.3 Å². The van der Waals surface area contributed by atoms with E-state index in [2.05, 4.69) is 20.8 Å². The number of unbranched alkanes of at least 4 members (excludes halogenated alkanes) is 61. The fraction of sp³-hybridized carbons (Fsp3) is 0.961.